The van der Waals surface area contributed by atoms with Crippen molar-refractivity contribution >= 4 is 5.84 Å². The van der Waals surface area contributed by atoms with Crippen molar-refractivity contribution < 1.29 is 9.94 Å². The number of amidine groups is 1. The number of hydrogen-bond donors (Lipinski definition) is 2. The van der Waals surface area contributed by atoms with Gasteiger partial charge < -0.3 is 15.7 Å². The first-order chi connectivity index (χ1) is 6.81. The van der Waals surface area contributed by atoms with Gasteiger partial charge in [-0.25, -0.2) is 0 Å². The third kappa shape index (κ3) is 1.56. The van der Waals surface area contributed by atoms with Crippen LogP contribution < -0.4 is 5.73 Å². The monoisotopic (exact) mass is 196 g/mol. The Morgan fingerprint density at radius 3 is 3.29 bits per heavy atom. The zero-order chi connectivity index (χ0) is 9.97. The minimum Gasteiger partial charge on any atom is -0.409 e. The highest BCUT2D eigenvalue weighted by Crippen LogP contribution is 2.17. The van der Waals surface area contributed by atoms with Crippen molar-refractivity contribution in [3.63, 3.8) is 0 Å². The molecule has 1 saturated heterocycles. The zero-order valence-corrected chi connectivity index (χ0v) is 7.63. The lowest BCUT2D eigenvalue weighted by Crippen LogP contribution is -2.13. The highest BCUT2D eigenvalue weighted by atomic mass is 16.5. The minimum atomic E-state index is 0.0789. The lowest BCUT2D eigenvalue weighted by atomic mass is 10.3. The fourth-order valence-electron chi connectivity index (χ4n) is 1.46. The summed E-state index contributed by atoms with van der Waals surface area (Å²) in [6.45, 7) is 1.45. The van der Waals surface area contributed by atoms with Gasteiger partial charge in [-0.3, -0.25) is 4.68 Å². The van der Waals surface area contributed by atoms with Crippen LogP contribution in [0.4, 0.5) is 0 Å². The van der Waals surface area contributed by atoms with Gasteiger partial charge in [-0.1, -0.05) is 5.16 Å². The summed E-state index contributed by atoms with van der Waals surface area (Å²) in [5.41, 5.74) is 6.05. The van der Waals surface area contributed by atoms with E-state index in [1.165, 1.54) is 0 Å². The molecule has 1 aromatic rings. The van der Waals surface area contributed by atoms with Crippen LogP contribution in [0.5, 0.6) is 0 Å². The molecule has 2 rings (SSSR count). The Morgan fingerprint density at radius 2 is 2.64 bits per heavy atom. The van der Waals surface area contributed by atoms with Crippen LogP contribution >= 0.6 is 0 Å². The second-order valence-electron chi connectivity index (χ2n) is 3.21. The fourth-order valence-corrected chi connectivity index (χ4v) is 1.46. The molecule has 3 N–H and O–H groups in total. The lowest BCUT2D eigenvalue weighted by Gasteiger charge is -2.06. The molecule has 1 fully saturated rings. The molecule has 1 unspecified atom stereocenters. The van der Waals surface area contributed by atoms with Crippen molar-refractivity contribution in [2.45, 2.75) is 12.5 Å². The van der Waals surface area contributed by atoms with Crippen molar-refractivity contribution in [2.75, 3.05) is 13.2 Å². The molecular weight excluding hydrogens is 184 g/mol. The van der Waals surface area contributed by atoms with Crippen LogP contribution in [0.1, 0.15) is 18.0 Å². The summed E-state index contributed by atoms with van der Waals surface area (Å²) in [4.78, 5) is 0. The topological polar surface area (TPSA) is 85.7 Å². The van der Waals surface area contributed by atoms with E-state index >= 15 is 0 Å². The van der Waals surface area contributed by atoms with E-state index in [2.05, 4.69) is 10.3 Å². The van der Waals surface area contributed by atoms with E-state index in [9.17, 15) is 0 Å². The van der Waals surface area contributed by atoms with Gasteiger partial charge in [0.05, 0.1) is 24.4 Å². The Hall–Kier alpha value is -1.56. The number of ether oxygens (including phenoxy) is 1. The molecule has 6 heteroatoms. The van der Waals surface area contributed by atoms with Crippen LogP contribution in [0.3, 0.4) is 0 Å². The zero-order valence-electron chi connectivity index (χ0n) is 7.63. The summed E-state index contributed by atoms with van der Waals surface area (Å²) in [5, 5.41) is 15.5. The van der Waals surface area contributed by atoms with E-state index < -0.39 is 0 Å². The normalized spacial score (nSPS) is 22.9. The van der Waals surface area contributed by atoms with E-state index in [1.54, 1.807) is 17.1 Å². The molecule has 76 valence electrons. The molecule has 2 heterocycles. The highest BCUT2D eigenvalue weighted by molar-refractivity contribution is 5.96. The van der Waals surface area contributed by atoms with E-state index in [0.717, 1.165) is 13.0 Å². The van der Waals surface area contributed by atoms with Gasteiger partial charge in [0, 0.05) is 12.8 Å². The van der Waals surface area contributed by atoms with Crippen LogP contribution in [0.25, 0.3) is 0 Å². The molecule has 0 spiro atoms. The van der Waals surface area contributed by atoms with Gasteiger partial charge in [-0.05, 0) is 6.42 Å². The van der Waals surface area contributed by atoms with E-state index in [-0.39, 0.29) is 11.9 Å². The number of aromatic nitrogens is 2. The molecule has 0 saturated carbocycles. The average molecular weight is 196 g/mol. The van der Waals surface area contributed by atoms with Gasteiger partial charge in [0.15, 0.2) is 5.84 Å². The van der Waals surface area contributed by atoms with E-state index in [0.29, 0.717) is 12.2 Å². The summed E-state index contributed by atoms with van der Waals surface area (Å²) in [6, 6.07) is 0.273. The van der Waals surface area contributed by atoms with Crippen LogP contribution in [0, 0.1) is 0 Å². The second kappa shape index (κ2) is 3.67. The Morgan fingerprint density at radius 1 is 1.79 bits per heavy atom. The molecule has 0 aliphatic carbocycles. The smallest absolute Gasteiger partial charge is 0.173 e. The quantitative estimate of drug-likeness (QED) is 0.300. The highest BCUT2D eigenvalue weighted by Gasteiger charge is 2.18. The fraction of sp³-hybridized carbons (Fsp3) is 0.500. The maximum absolute atomic E-state index is 8.46. The number of oxime groups is 1. The Bertz CT molecular complexity index is 341. The Balaban J connectivity index is 2.16. The van der Waals surface area contributed by atoms with Gasteiger partial charge >= 0.3 is 0 Å². The van der Waals surface area contributed by atoms with Gasteiger partial charge in [-0.15, -0.1) is 0 Å². The maximum Gasteiger partial charge on any atom is 0.173 e. The Kier molecular flexibility index (Phi) is 2.36. The van der Waals surface area contributed by atoms with Crippen LogP contribution in [0.2, 0.25) is 0 Å². The standard InChI is InChI=1S/C8H12N4O2/c9-8(11-13)6-3-10-12(4-6)7-1-2-14-5-7/h3-4,7,13H,1-2,5H2,(H2,9,11). The lowest BCUT2D eigenvalue weighted by molar-refractivity contribution is 0.184. The summed E-state index contributed by atoms with van der Waals surface area (Å²) in [6.07, 6.45) is 4.29. The van der Waals surface area contributed by atoms with Crippen LogP contribution in [0.15, 0.2) is 17.5 Å². The molecule has 0 aromatic carbocycles. The van der Waals surface area contributed by atoms with Gasteiger partial charge in [-0.2, -0.15) is 5.10 Å². The first-order valence-corrected chi connectivity index (χ1v) is 4.41. The van der Waals surface area contributed by atoms with Crippen molar-refractivity contribution in [1.29, 1.82) is 0 Å². The Labute approximate surface area is 81.0 Å². The molecule has 1 aromatic heterocycles. The number of rotatable bonds is 2. The van der Waals surface area contributed by atoms with Crippen molar-refractivity contribution in [2.24, 2.45) is 10.9 Å². The number of nitrogens with two attached hydrogens (primary N) is 1. The summed E-state index contributed by atoms with van der Waals surface area (Å²) < 4.78 is 7.03. The van der Waals surface area contributed by atoms with Gasteiger partial charge in [0.1, 0.15) is 0 Å². The minimum absolute atomic E-state index is 0.0789. The molecule has 0 radical (unpaired) electrons. The number of hydrogen-bond acceptors (Lipinski definition) is 4. The molecular formula is C8H12N4O2. The molecule has 6 nitrogen and oxygen atoms in total. The number of nitrogens with zero attached hydrogens (tertiary/aromatic N) is 3. The predicted octanol–water partition coefficient (Wildman–Crippen LogP) is -0.0610. The molecule has 0 bridgehead atoms. The first-order valence-electron chi connectivity index (χ1n) is 4.41. The third-order valence-corrected chi connectivity index (χ3v) is 2.28. The molecule has 1 aliphatic heterocycles. The molecule has 14 heavy (non-hydrogen) atoms. The van der Waals surface area contributed by atoms with E-state index in [4.69, 9.17) is 15.7 Å². The SMILES string of the molecule is N/C(=N\O)c1cnn(C2CCOC2)c1. The molecule has 1 atom stereocenters. The van der Waals surface area contributed by atoms with Gasteiger partial charge in [0.25, 0.3) is 0 Å². The van der Waals surface area contributed by atoms with Gasteiger partial charge in [0.2, 0.25) is 0 Å². The largest absolute Gasteiger partial charge is 0.409 e. The first kappa shape index (κ1) is 9.01. The maximum atomic E-state index is 8.46. The predicted molar refractivity (Wildman–Crippen MR) is 49.2 cm³/mol. The van der Waals surface area contributed by atoms with Crippen LogP contribution in [-0.4, -0.2) is 34.0 Å². The van der Waals surface area contributed by atoms with Crippen molar-refractivity contribution in [1.82, 2.24) is 9.78 Å². The van der Waals surface area contributed by atoms with E-state index in [1.807, 2.05) is 0 Å². The summed E-state index contributed by atoms with van der Waals surface area (Å²) >= 11 is 0. The summed E-state index contributed by atoms with van der Waals surface area (Å²) in [5.74, 6) is 0.0789. The molecule has 1 aliphatic rings. The average Bonchev–Trinajstić information content (AvgIpc) is 2.86. The second-order valence-corrected chi connectivity index (χ2v) is 3.21. The van der Waals surface area contributed by atoms with Crippen LogP contribution in [-0.2, 0) is 4.74 Å². The third-order valence-electron chi connectivity index (χ3n) is 2.28. The van der Waals surface area contributed by atoms with Crippen molar-refractivity contribution in [3.8, 4) is 0 Å². The summed E-state index contributed by atoms with van der Waals surface area (Å²) in [7, 11) is 0. The molecule has 0 amide bonds. The van der Waals surface area contributed by atoms with Crippen molar-refractivity contribution in [3.05, 3.63) is 18.0 Å².